The molecule has 0 spiro atoms. The second-order valence-corrected chi connectivity index (χ2v) is 9.70. The highest BCUT2D eigenvalue weighted by Crippen LogP contribution is 2.24. The third-order valence-corrected chi connectivity index (χ3v) is 7.40. The van der Waals surface area contributed by atoms with Gasteiger partial charge in [0.05, 0.1) is 17.0 Å². The molecule has 0 atom stereocenters. The molecule has 8 nitrogen and oxygen atoms in total. The summed E-state index contributed by atoms with van der Waals surface area (Å²) in [6.07, 6.45) is 1.98. The summed E-state index contributed by atoms with van der Waals surface area (Å²) in [6, 6.07) is 12.0. The quantitative estimate of drug-likeness (QED) is 0.507. The molecular formula is C23H30N4O4S. The average Bonchev–Trinajstić information content (AvgIpc) is 3.58. The van der Waals surface area contributed by atoms with Crippen LogP contribution in [-0.2, 0) is 14.8 Å². The highest BCUT2D eigenvalue weighted by atomic mass is 32.2. The number of benzene rings is 2. The van der Waals surface area contributed by atoms with E-state index in [2.05, 4.69) is 16.0 Å². The first-order valence-corrected chi connectivity index (χ1v) is 12.2. The van der Waals surface area contributed by atoms with Crippen molar-refractivity contribution in [3.8, 4) is 0 Å². The molecule has 3 rings (SSSR count). The Kier molecular flexibility index (Phi) is 7.52. The fourth-order valence-electron chi connectivity index (χ4n) is 3.30. The summed E-state index contributed by atoms with van der Waals surface area (Å²) >= 11 is 0. The topological polar surface area (TPSA) is 108 Å². The Morgan fingerprint density at radius 2 is 1.72 bits per heavy atom. The number of hydrogen-bond acceptors (Lipinski definition) is 5. The SMILES string of the molecule is CCN(CC)S(=O)(=O)c1ccc(C)c(NC(=O)CNc2ccccc2C(=O)NC2CC2)c1. The number of para-hydroxylation sites is 1. The van der Waals surface area contributed by atoms with E-state index in [9.17, 15) is 18.0 Å². The summed E-state index contributed by atoms with van der Waals surface area (Å²) in [7, 11) is -3.63. The van der Waals surface area contributed by atoms with Crippen LogP contribution in [0.3, 0.4) is 0 Å². The maximum absolute atomic E-state index is 12.8. The van der Waals surface area contributed by atoms with Gasteiger partial charge in [0.2, 0.25) is 15.9 Å². The van der Waals surface area contributed by atoms with E-state index < -0.39 is 10.0 Å². The summed E-state index contributed by atoms with van der Waals surface area (Å²) < 4.78 is 27.0. The Balaban J connectivity index is 1.69. The van der Waals surface area contributed by atoms with E-state index in [1.165, 1.54) is 10.4 Å². The summed E-state index contributed by atoms with van der Waals surface area (Å²) in [5, 5.41) is 8.73. The molecular weight excluding hydrogens is 428 g/mol. The summed E-state index contributed by atoms with van der Waals surface area (Å²) in [5.74, 6) is -0.510. The maximum atomic E-state index is 12.8. The van der Waals surface area contributed by atoms with Crippen LogP contribution in [-0.4, -0.2) is 50.2 Å². The molecule has 0 aromatic heterocycles. The van der Waals surface area contributed by atoms with Crippen LogP contribution in [0, 0.1) is 6.92 Å². The molecule has 3 N–H and O–H groups in total. The van der Waals surface area contributed by atoms with Crippen molar-refractivity contribution in [2.75, 3.05) is 30.3 Å². The van der Waals surface area contributed by atoms with Gasteiger partial charge in [0.25, 0.3) is 5.91 Å². The van der Waals surface area contributed by atoms with E-state index in [1.807, 2.05) is 0 Å². The standard InChI is InChI=1S/C23H30N4O4S/c1-4-27(5-2)32(30,31)18-13-10-16(3)21(14-18)26-22(28)15-24-20-9-7-6-8-19(20)23(29)25-17-11-12-17/h6-10,13-14,17,24H,4-5,11-12,15H2,1-3H3,(H,25,29)(H,26,28). The molecule has 0 saturated heterocycles. The summed E-state index contributed by atoms with van der Waals surface area (Å²) in [4.78, 5) is 25.1. The minimum absolute atomic E-state index is 0.0693. The number of rotatable bonds is 10. The molecule has 0 aliphatic heterocycles. The first kappa shape index (κ1) is 23.7. The Bertz CT molecular complexity index is 1090. The highest BCUT2D eigenvalue weighted by Gasteiger charge is 2.25. The van der Waals surface area contributed by atoms with E-state index in [0.29, 0.717) is 30.0 Å². The zero-order valence-corrected chi connectivity index (χ0v) is 19.5. The van der Waals surface area contributed by atoms with Crippen molar-refractivity contribution in [2.24, 2.45) is 0 Å². The monoisotopic (exact) mass is 458 g/mol. The van der Waals surface area contributed by atoms with E-state index >= 15 is 0 Å². The zero-order valence-electron chi connectivity index (χ0n) is 18.6. The van der Waals surface area contributed by atoms with Crippen LogP contribution in [0.2, 0.25) is 0 Å². The lowest BCUT2D eigenvalue weighted by Gasteiger charge is -2.19. The number of nitrogens with zero attached hydrogens (tertiary/aromatic N) is 1. The predicted molar refractivity (Wildman–Crippen MR) is 125 cm³/mol. The highest BCUT2D eigenvalue weighted by molar-refractivity contribution is 7.89. The fraction of sp³-hybridized carbons (Fsp3) is 0.391. The largest absolute Gasteiger partial charge is 0.376 e. The Labute approximate surface area is 189 Å². The van der Waals surface area contributed by atoms with Crippen LogP contribution >= 0.6 is 0 Å². The molecule has 2 aromatic carbocycles. The maximum Gasteiger partial charge on any atom is 0.253 e. The van der Waals surface area contributed by atoms with Crippen LogP contribution in [0.5, 0.6) is 0 Å². The zero-order chi connectivity index (χ0) is 23.3. The number of nitrogens with one attached hydrogen (secondary N) is 3. The van der Waals surface area contributed by atoms with Crippen molar-refractivity contribution in [1.82, 2.24) is 9.62 Å². The minimum Gasteiger partial charge on any atom is -0.376 e. The van der Waals surface area contributed by atoms with Gasteiger partial charge in [-0.3, -0.25) is 9.59 Å². The molecule has 0 heterocycles. The van der Waals surface area contributed by atoms with Crippen molar-refractivity contribution < 1.29 is 18.0 Å². The van der Waals surface area contributed by atoms with Crippen LogP contribution in [0.15, 0.2) is 47.4 Å². The van der Waals surface area contributed by atoms with Crippen LogP contribution in [0.25, 0.3) is 0 Å². The van der Waals surface area contributed by atoms with E-state index in [1.54, 1.807) is 57.2 Å². The number of amides is 2. The van der Waals surface area contributed by atoms with Crippen LogP contribution in [0.4, 0.5) is 11.4 Å². The van der Waals surface area contributed by atoms with Crippen molar-refractivity contribution >= 4 is 33.2 Å². The normalized spacial score (nSPS) is 13.6. The van der Waals surface area contributed by atoms with Crippen molar-refractivity contribution in [3.63, 3.8) is 0 Å². The van der Waals surface area contributed by atoms with Crippen molar-refractivity contribution in [2.45, 2.75) is 44.6 Å². The number of anilines is 2. The third kappa shape index (κ3) is 5.66. The van der Waals surface area contributed by atoms with Gasteiger partial charge in [-0.05, 0) is 49.6 Å². The predicted octanol–water partition coefficient (Wildman–Crippen LogP) is 2.97. The van der Waals surface area contributed by atoms with Gasteiger partial charge >= 0.3 is 0 Å². The van der Waals surface area contributed by atoms with Gasteiger partial charge in [-0.15, -0.1) is 0 Å². The van der Waals surface area contributed by atoms with Crippen LogP contribution < -0.4 is 16.0 Å². The number of carbonyl (C=O) groups is 2. The number of hydrogen-bond donors (Lipinski definition) is 3. The van der Waals surface area contributed by atoms with Gasteiger partial charge in [-0.1, -0.05) is 32.0 Å². The molecule has 0 unspecified atom stereocenters. The van der Waals surface area contributed by atoms with Gasteiger partial charge in [0, 0.05) is 30.5 Å². The first-order chi connectivity index (χ1) is 15.3. The smallest absolute Gasteiger partial charge is 0.253 e. The van der Waals surface area contributed by atoms with Crippen molar-refractivity contribution in [1.29, 1.82) is 0 Å². The third-order valence-electron chi connectivity index (χ3n) is 5.35. The number of carbonyl (C=O) groups excluding carboxylic acids is 2. The molecule has 2 aromatic rings. The van der Waals surface area contributed by atoms with Crippen molar-refractivity contribution in [3.05, 3.63) is 53.6 Å². The second kappa shape index (κ2) is 10.1. The molecule has 1 saturated carbocycles. The molecule has 1 fully saturated rings. The molecule has 0 bridgehead atoms. The van der Waals surface area contributed by atoms with Gasteiger partial charge in [-0.2, -0.15) is 4.31 Å². The lowest BCUT2D eigenvalue weighted by Crippen LogP contribution is -2.30. The molecule has 1 aliphatic carbocycles. The second-order valence-electron chi connectivity index (χ2n) is 7.76. The summed E-state index contributed by atoms with van der Waals surface area (Å²) in [5.41, 5.74) is 2.23. The molecule has 0 radical (unpaired) electrons. The Morgan fingerprint density at radius 3 is 2.38 bits per heavy atom. The first-order valence-electron chi connectivity index (χ1n) is 10.8. The van der Waals surface area contributed by atoms with Gasteiger partial charge in [0.1, 0.15) is 0 Å². The van der Waals surface area contributed by atoms with Gasteiger partial charge in [-0.25, -0.2) is 8.42 Å². The molecule has 32 heavy (non-hydrogen) atoms. The van der Waals surface area contributed by atoms with E-state index in [-0.39, 0.29) is 29.3 Å². The summed E-state index contributed by atoms with van der Waals surface area (Å²) in [6.45, 7) is 6.03. The van der Waals surface area contributed by atoms with E-state index in [4.69, 9.17) is 0 Å². The molecule has 172 valence electrons. The molecule has 2 amide bonds. The lowest BCUT2D eigenvalue weighted by molar-refractivity contribution is -0.114. The fourth-order valence-corrected chi connectivity index (χ4v) is 4.79. The average molecular weight is 459 g/mol. The lowest BCUT2D eigenvalue weighted by atomic mass is 10.1. The minimum atomic E-state index is -3.63. The van der Waals surface area contributed by atoms with Crippen LogP contribution in [0.1, 0.15) is 42.6 Å². The van der Waals surface area contributed by atoms with E-state index in [0.717, 1.165) is 18.4 Å². The van der Waals surface area contributed by atoms with Gasteiger partial charge in [0.15, 0.2) is 0 Å². The Hall–Kier alpha value is -2.91. The van der Waals surface area contributed by atoms with Gasteiger partial charge < -0.3 is 16.0 Å². The molecule has 9 heteroatoms. The number of aryl methyl sites for hydroxylation is 1. The number of sulfonamides is 1. The molecule has 1 aliphatic rings. The Morgan fingerprint density at radius 1 is 1.03 bits per heavy atom.